The molecule has 2 atom stereocenters. The third-order valence-electron chi connectivity index (χ3n) is 4.24. The molecule has 0 radical (unpaired) electrons. The zero-order valence-electron chi connectivity index (χ0n) is 12.0. The fourth-order valence-corrected chi connectivity index (χ4v) is 4.39. The van der Waals surface area contributed by atoms with Crippen LogP contribution in [-0.2, 0) is 4.79 Å². The summed E-state index contributed by atoms with van der Waals surface area (Å²) in [6.45, 7) is 3.47. The molecule has 1 amide bonds. The van der Waals surface area contributed by atoms with Gasteiger partial charge in [-0.3, -0.25) is 10.1 Å². The summed E-state index contributed by atoms with van der Waals surface area (Å²) in [4.78, 5) is 14.2. The number of nitrogens with one attached hydrogen (secondary N) is 1. The van der Waals surface area contributed by atoms with Crippen molar-refractivity contribution < 1.29 is 4.79 Å². The van der Waals surface area contributed by atoms with E-state index in [1.54, 1.807) is 0 Å². The maximum absolute atomic E-state index is 12.2. The Balaban J connectivity index is 1.76. The minimum Gasteiger partial charge on any atom is -0.321 e. The van der Waals surface area contributed by atoms with Crippen molar-refractivity contribution in [2.75, 3.05) is 18.8 Å². The van der Waals surface area contributed by atoms with Crippen LogP contribution in [0.15, 0.2) is 24.3 Å². The van der Waals surface area contributed by atoms with Gasteiger partial charge in [-0.1, -0.05) is 30.7 Å². The minimum atomic E-state index is 0.0613. The van der Waals surface area contributed by atoms with Gasteiger partial charge in [0.2, 0.25) is 5.91 Å². The second kappa shape index (κ2) is 6.19. The van der Waals surface area contributed by atoms with Crippen molar-refractivity contribution in [3.8, 4) is 0 Å². The summed E-state index contributed by atoms with van der Waals surface area (Å²) in [6.07, 6.45) is 3.94. The Bertz CT molecular complexity index is 485. The Morgan fingerprint density at radius 2 is 2.20 bits per heavy atom. The van der Waals surface area contributed by atoms with Crippen LogP contribution in [-0.4, -0.2) is 34.9 Å². The van der Waals surface area contributed by atoms with Crippen LogP contribution in [0.2, 0.25) is 0 Å². The van der Waals surface area contributed by atoms with E-state index in [4.69, 9.17) is 0 Å². The Labute approximate surface area is 125 Å². The highest BCUT2D eigenvalue weighted by molar-refractivity contribution is 7.99. The van der Waals surface area contributed by atoms with Gasteiger partial charge in [0.05, 0.1) is 6.54 Å². The van der Waals surface area contributed by atoms with E-state index in [9.17, 15) is 4.79 Å². The molecule has 20 heavy (non-hydrogen) atoms. The molecule has 3 nitrogen and oxygen atoms in total. The molecule has 0 bridgehead atoms. The van der Waals surface area contributed by atoms with Crippen LogP contribution in [0.4, 0.5) is 0 Å². The summed E-state index contributed by atoms with van der Waals surface area (Å²) < 4.78 is 0. The first kappa shape index (κ1) is 14.0. The van der Waals surface area contributed by atoms with Crippen molar-refractivity contribution >= 4 is 17.7 Å². The Kier molecular flexibility index (Phi) is 4.32. The molecule has 3 rings (SSSR count). The van der Waals surface area contributed by atoms with Crippen molar-refractivity contribution in [2.45, 2.75) is 37.6 Å². The van der Waals surface area contributed by atoms with E-state index < -0.39 is 0 Å². The number of aryl methyl sites for hydroxylation is 1. The number of nitrogens with zero attached hydrogens (tertiary/aromatic N) is 1. The van der Waals surface area contributed by atoms with Crippen molar-refractivity contribution in [2.24, 2.45) is 0 Å². The Morgan fingerprint density at radius 1 is 1.35 bits per heavy atom. The summed E-state index contributed by atoms with van der Waals surface area (Å²) in [5, 5.41) is 3.98. The van der Waals surface area contributed by atoms with E-state index in [1.165, 1.54) is 36.1 Å². The fraction of sp³-hybridized carbons (Fsp3) is 0.562. The Morgan fingerprint density at radius 3 is 2.95 bits per heavy atom. The molecule has 2 heterocycles. The van der Waals surface area contributed by atoms with Gasteiger partial charge in [-0.15, -0.1) is 0 Å². The number of benzene rings is 1. The van der Waals surface area contributed by atoms with E-state index >= 15 is 0 Å². The average molecular weight is 290 g/mol. The molecule has 108 valence electrons. The quantitative estimate of drug-likeness (QED) is 0.929. The molecule has 2 aliphatic heterocycles. The van der Waals surface area contributed by atoms with E-state index in [-0.39, 0.29) is 12.1 Å². The number of hydrogen-bond acceptors (Lipinski definition) is 3. The molecule has 2 saturated heterocycles. The third kappa shape index (κ3) is 2.86. The van der Waals surface area contributed by atoms with Gasteiger partial charge in [0, 0.05) is 11.8 Å². The van der Waals surface area contributed by atoms with Crippen LogP contribution in [0.5, 0.6) is 0 Å². The predicted octanol–water partition coefficient (Wildman–Crippen LogP) is 2.71. The largest absolute Gasteiger partial charge is 0.321 e. The summed E-state index contributed by atoms with van der Waals surface area (Å²) in [5.74, 6) is 1.49. The molecule has 0 aliphatic carbocycles. The van der Waals surface area contributed by atoms with Crippen LogP contribution in [0.1, 0.15) is 36.6 Å². The first-order chi connectivity index (χ1) is 9.75. The maximum atomic E-state index is 12.2. The monoisotopic (exact) mass is 290 g/mol. The highest BCUT2D eigenvalue weighted by Crippen LogP contribution is 2.30. The summed E-state index contributed by atoms with van der Waals surface area (Å²) in [7, 11) is 0. The lowest BCUT2D eigenvalue weighted by Crippen LogP contribution is -2.37. The van der Waals surface area contributed by atoms with E-state index in [1.807, 2.05) is 16.7 Å². The maximum Gasteiger partial charge on any atom is 0.238 e. The molecule has 0 aromatic heterocycles. The average Bonchev–Trinajstić information content (AvgIpc) is 2.82. The molecule has 1 aromatic rings. The number of rotatable bonds is 3. The Hall–Kier alpha value is -1.00. The van der Waals surface area contributed by atoms with Crippen LogP contribution in [0.3, 0.4) is 0 Å². The molecule has 0 saturated carbocycles. The number of amides is 1. The molecule has 2 fully saturated rings. The van der Waals surface area contributed by atoms with Crippen molar-refractivity contribution in [3.05, 3.63) is 35.4 Å². The van der Waals surface area contributed by atoms with Gasteiger partial charge in [-0.2, -0.15) is 11.8 Å². The molecular weight excluding hydrogens is 268 g/mol. The van der Waals surface area contributed by atoms with E-state index in [0.717, 1.165) is 6.54 Å². The second-order valence-corrected chi connectivity index (χ2v) is 7.08. The predicted molar refractivity (Wildman–Crippen MR) is 83.7 cm³/mol. The number of thioether (sulfide) groups is 1. The minimum absolute atomic E-state index is 0.0613. The zero-order chi connectivity index (χ0) is 13.9. The normalized spacial score (nSPS) is 27.1. The number of carbonyl (C=O) groups is 1. The number of hydrogen-bond donors (Lipinski definition) is 1. The lowest BCUT2D eigenvalue weighted by molar-refractivity contribution is -0.128. The fourth-order valence-electron chi connectivity index (χ4n) is 3.09. The van der Waals surface area contributed by atoms with E-state index in [0.29, 0.717) is 11.8 Å². The van der Waals surface area contributed by atoms with Gasteiger partial charge in [-0.05, 0) is 36.6 Å². The highest BCUT2D eigenvalue weighted by atomic mass is 32.2. The highest BCUT2D eigenvalue weighted by Gasteiger charge is 2.34. The van der Waals surface area contributed by atoms with E-state index in [2.05, 4.69) is 36.5 Å². The van der Waals surface area contributed by atoms with Gasteiger partial charge in [0.1, 0.15) is 6.17 Å². The lowest BCUT2D eigenvalue weighted by Gasteiger charge is -2.31. The number of carbonyl (C=O) groups excluding carboxylic acids is 1. The van der Waals surface area contributed by atoms with Gasteiger partial charge in [0.15, 0.2) is 0 Å². The van der Waals surface area contributed by atoms with Crippen molar-refractivity contribution in [3.63, 3.8) is 0 Å². The van der Waals surface area contributed by atoms with Crippen LogP contribution in [0, 0.1) is 6.92 Å². The topological polar surface area (TPSA) is 32.3 Å². The van der Waals surface area contributed by atoms with Gasteiger partial charge in [0.25, 0.3) is 0 Å². The summed E-state index contributed by atoms with van der Waals surface area (Å²) >= 11 is 2.03. The van der Waals surface area contributed by atoms with Gasteiger partial charge < -0.3 is 4.90 Å². The van der Waals surface area contributed by atoms with Crippen LogP contribution >= 0.6 is 11.8 Å². The zero-order valence-corrected chi connectivity index (χ0v) is 12.8. The summed E-state index contributed by atoms with van der Waals surface area (Å²) in [5.41, 5.74) is 2.49. The second-order valence-electron chi connectivity index (χ2n) is 5.67. The van der Waals surface area contributed by atoms with Crippen LogP contribution < -0.4 is 5.32 Å². The standard InChI is InChI=1S/C16H22N2OS/c1-12-6-2-3-8-14(12)16-17-10-15(19)18(16)11-13-7-4-5-9-20-13/h2-3,6,8,13,16-17H,4-5,7,9-11H2,1H3. The molecular formula is C16H22N2OS. The first-order valence-electron chi connectivity index (χ1n) is 7.45. The SMILES string of the molecule is Cc1ccccc1C1NCC(=O)N1CC1CCCCS1. The molecule has 1 N–H and O–H groups in total. The smallest absolute Gasteiger partial charge is 0.238 e. The summed E-state index contributed by atoms with van der Waals surface area (Å²) in [6, 6.07) is 8.36. The lowest BCUT2D eigenvalue weighted by atomic mass is 10.1. The third-order valence-corrected chi connectivity index (χ3v) is 5.62. The van der Waals surface area contributed by atoms with Gasteiger partial charge in [-0.25, -0.2) is 0 Å². The first-order valence-corrected chi connectivity index (χ1v) is 8.50. The molecule has 4 heteroatoms. The molecule has 2 aliphatic rings. The van der Waals surface area contributed by atoms with Crippen LogP contribution in [0.25, 0.3) is 0 Å². The molecule has 1 aromatic carbocycles. The van der Waals surface area contributed by atoms with Crippen molar-refractivity contribution in [1.82, 2.24) is 10.2 Å². The van der Waals surface area contributed by atoms with Gasteiger partial charge >= 0.3 is 0 Å². The molecule has 0 spiro atoms. The van der Waals surface area contributed by atoms with Crippen molar-refractivity contribution in [1.29, 1.82) is 0 Å². The molecule has 2 unspecified atom stereocenters.